The van der Waals surface area contributed by atoms with Gasteiger partial charge >= 0.3 is 6.03 Å². The van der Waals surface area contributed by atoms with Gasteiger partial charge in [0.1, 0.15) is 0 Å². The Labute approximate surface area is 157 Å². The van der Waals surface area contributed by atoms with Crippen molar-refractivity contribution in [2.75, 3.05) is 30.4 Å². The highest BCUT2D eigenvalue weighted by Crippen LogP contribution is 2.45. The SMILES string of the molecule is Cc1ccc2c(c1)[C@@H]1CN(C)CC[C@H]1N2C(=O)Nc1cccc([N+](=O)[O-])c1. The molecule has 1 N–H and O–H groups in total. The summed E-state index contributed by atoms with van der Waals surface area (Å²) in [7, 11) is 2.11. The third kappa shape index (κ3) is 3.14. The number of hydrogen-bond donors (Lipinski definition) is 1. The Balaban J connectivity index is 1.65. The minimum Gasteiger partial charge on any atom is -0.307 e. The van der Waals surface area contributed by atoms with Crippen molar-refractivity contribution < 1.29 is 9.72 Å². The van der Waals surface area contributed by atoms with Gasteiger partial charge in [0.2, 0.25) is 0 Å². The molecule has 1 saturated heterocycles. The van der Waals surface area contributed by atoms with E-state index in [9.17, 15) is 14.9 Å². The van der Waals surface area contributed by atoms with Crippen molar-refractivity contribution in [2.45, 2.75) is 25.3 Å². The highest BCUT2D eigenvalue weighted by atomic mass is 16.6. The average Bonchev–Trinajstić information content (AvgIpc) is 2.95. The summed E-state index contributed by atoms with van der Waals surface area (Å²) in [5.41, 5.74) is 3.72. The lowest BCUT2D eigenvalue weighted by Crippen LogP contribution is -2.48. The van der Waals surface area contributed by atoms with Gasteiger partial charge in [0.25, 0.3) is 5.69 Å². The number of carbonyl (C=O) groups is 1. The summed E-state index contributed by atoms with van der Waals surface area (Å²) in [6.07, 6.45) is 0.900. The van der Waals surface area contributed by atoms with Crippen LogP contribution >= 0.6 is 0 Å². The van der Waals surface area contributed by atoms with Crippen LogP contribution in [0.2, 0.25) is 0 Å². The van der Waals surface area contributed by atoms with Crippen molar-refractivity contribution in [2.24, 2.45) is 0 Å². The Bertz CT molecular complexity index is 914. The first-order valence-electron chi connectivity index (χ1n) is 9.08. The first kappa shape index (κ1) is 17.5. The van der Waals surface area contributed by atoms with Gasteiger partial charge in [0, 0.05) is 42.0 Å². The third-order valence-electron chi connectivity index (χ3n) is 5.48. The van der Waals surface area contributed by atoms with Crippen molar-refractivity contribution >= 4 is 23.1 Å². The third-order valence-corrected chi connectivity index (χ3v) is 5.48. The zero-order chi connectivity index (χ0) is 19.1. The number of piperidine rings is 1. The van der Waals surface area contributed by atoms with Crippen LogP contribution in [0.15, 0.2) is 42.5 Å². The second-order valence-electron chi connectivity index (χ2n) is 7.39. The van der Waals surface area contributed by atoms with Crippen LogP contribution < -0.4 is 10.2 Å². The van der Waals surface area contributed by atoms with Gasteiger partial charge in [0.15, 0.2) is 0 Å². The zero-order valence-corrected chi connectivity index (χ0v) is 15.4. The first-order valence-corrected chi connectivity index (χ1v) is 9.08. The summed E-state index contributed by atoms with van der Waals surface area (Å²) in [5.74, 6) is 0.287. The number of aryl methyl sites for hydroxylation is 1. The number of nitro groups is 1. The van der Waals surface area contributed by atoms with E-state index in [-0.39, 0.29) is 23.7 Å². The van der Waals surface area contributed by atoms with Crippen molar-refractivity contribution in [1.82, 2.24) is 4.90 Å². The second kappa shape index (κ2) is 6.66. The molecule has 2 aromatic carbocycles. The number of nitrogens with zero attached hydrogens (tertiary/aromatic N) is 3. The Morgan fingerprint density at radius 2 is 2.07 bits per heavy atom. The number of anilines is 2. The molecule has 0 unspecified atom stereocenters. The van der Waals surface area contributed by atoms with E-state index in [0.29, 0.717) is 5.69 Å². The molecular weight excluding hydrogens is 344 g/mol. The number of likely N-dealkylation sites (tertiary alicyclic amines) is 1. The van der Waals surface area contributed by atoms with Crippen molar-refractivity contribution in [1.29, 1.82) is 0 Å². The van der Waals surface area contributed by atoms with E-state index in [1.165, 1.54) is 23.3 Å². The highest BCUT2D eigenvalue weighted by molar-refractivity contribution is 6.04. The van der Waals surface area contributed by atoms with Crippen LogP contribution in [0, 0.1) is 17.0 Å². The molecule has 2 heterocycles. The number of non-ortho nitro benzene ring substituents is 1. The molecule has 2 aliphatic rings. The predicted octanol–water partition coefficient (Wildman–Crippen LogP) is 3.74. The maximum atomic E-state index is 13.1. The van der Waals surface area contributed by atoms with Crippen LogP contribution in [-0.2, 0) is 0 Å². The van der Waals surface area contributed by atoms with Gasteiger partial charge in [-0.2, -0.15) is 0 Å². The maximum absolute atomic E-state index is 13.1. The fraction of sp³-hybridized carbons (Fsp3) is 0.350. The largest absolute Gasteiger partial charge is 0.326 e. The molecular formula is C20H22N4O3. The molecule has 7 heteroatoms. The minimum absolute atomic E-state index is 0.0394. The topological polar surface area (TPSA) is 78.7 Å². The van der Waals surface area contributed by atoms with Crippen LogP contribution in [-0.4, -0.2) is 42.0 Å². The number of urea groups is 1. The summed E-state index contributed by atoms with van der Waals surface area (Å²) < 4.78 is 0. The van der Waals surface area contributed by atoms with Crippen LogP contribution in [0.1, 0.15) is 23.5 Å². The van der Waals surface area contributed by atoms with E-state index in [2.05, 4.69) is 30.3 Å². The number of hydrogen-bond acceptors (Lipinski definition) is 4. The van der Waals surface area contributed by atoms with E-state index in [4.69, 9.17) is 0 Å². The average molecular weight is 366 g/mol. The molecule has 0 bridgehead atoms. The molecule has 0 aliphatic carbocycles. The molecule has 4 rings (SSSR count). The summed E-state index contributed by atoms with van der Waals surface area (Å²) in [6.45, 7) is 3.92. The van der Waals surface area contributed by atoms with E-state index >= 15 is 0 Å². The van der Waals surface area contributed by atoms with Crippen LogP contribution in [0.3, 0.4) is 0 Å². The molecule has 0 radical (unpaired) electrons. The summed E-state index contributed by atoms with van der Waals surface area (Å²) >= 11 is 0. The number of amides is 2. The number of likely N-dealkylation sites (N-methyl/N-ethyl adjacent to an activating group) is 1. The Morgan fingerprint density at radius 1 is 1.26 bits per heavy atom. The number of fused-ring (bicyclic) bond motifs is 3. The highest BCUT2D eigenvalue weighted by Gasteiger charge is 2.44. The number of carbonyl (C=O) groups excluding carboxylic acids is 1. The Morgan fingerprint density at radius 3 is 2.85 bits per heavy atom. The summed E-state index contributed by atoms with van der Waals surface area (Å²) in [4.78, 5) is 27.8. The zero-order valence-electron chi connectivity index (χ0n) is 15.4. The van der Waals surface area contributed by atoms with E-state index < -0.39 is 4.92 Å². The normalized spacial score (nSPS) is 21.5. The van der Waals surface area contributed by atoms with Crippen LogP contribution in [0.5, 0.6) is 0 Å². The lowest BCUT2D eigenvalue weighted by atomic mass is 9.89. The minimum atomic E-state index is -0.462. The fourth-order valence-corrected chi connectivity index (χ4v) is 4.23. The molecule has 2 amide bonds. The van der Waals surface area contributed by atoms with Gasteiger partial charge in [-0.25, -0.2) is 4.79 Å². The lowest BCUT2D eigenvalue weighted by molar-refractivity contribution is -0.384. The summed E-state index contributed by atoms with van der Waals surface area (Å²) in [6, 6.07) is 12.1. The van der Waals surface area contributed by atoms with Crippen LogP contribution in [0.25, 0.3) is 0 Å². The van der Waals surface area contributed by atoms with Gasteiger partial charge in [-0.15, -0.1) is 0 Å². The van der Waals surface area contributed by atoms with Crippen molar-refractivity contribution in [3.05, 3.63) is 63.7 Å². The smallest absolute Gasteiger partial charge is 0.307 e. The van der Waals surface area contributed by atoms with E-state index in [1.54, 1.807) is 12.1 Å². The van der Waals surface area contributed by atoms with Gasteiger partial charge in [-0.05, 0) is 44.6 Å². The standard InChI is InChI=1S/C20H22N4O3/c1-13-6-7-18-16(10-13)17-12-22(2)9-8-19(17)23(18)20(25)21-14-4-3-5-15(11-14)24(26)27/h3-7,10-11,17,19H,8-9,12H2,1-2H3,(H,21,25)/t17-,19+/m0/s1. The fourth-order valence-electron chi connectivity index (χ4n) is 4.23. The van der Waals surface area contributed by atoms with Gasteiger partial charge in [-0.3, -0.25) is 15.0 Å². The monoisotopic (exact) mass is 366 g/mol. The second-order valence-corrected chi connectivity index (χ2v) is 7.39. The number of rotatable bonds is 2. The number of nitrogens with one attached hydrogen (secondary N) is 1. The first-order chi connectivity index (χ1) is 12.9. The molecule has 1 fully saturated rings. The van der Waals surface area contributed by atoms with E-state index in [1.807, 2.05) is 17.0 Å². The van der Waals surface area contributed by atoms with Gasteiger partial charge in [-0.1, -0.05) is 23.8 Å². The van der Waals surface area contributed by atoms with Gasteiger partial charge in [0.05, 0.1) is 4.92 Å². The molecule has 140 valence electrons. The predicted molar refractivity (Wildman–Crippen MR) is 104 cm³/mol. The number of benzene rings is 2. The summed E-state index contributed by atoms with van der Waals surface area (Å²) in [5, 5.41) is 13.8. The molecule has 27 heavy (non-hydrogen) atoms. The Hall–Kier alpha value is -2.93. The maximum Gasteiger partial charge on any atom is 0.326 e. The van der Waals surface area contributed by atoms with Crippen LogP contribution in [0.4, 0.5) is 21.9 Å². The molecule has 2 aliphatic heterocycles. The molecule has 0 spiro atoms. The molecule has 0 saturated carbocycles. The quantitative estimate of drug-likeness (QED) is 0.649. The molecule has 7 nitrogen and oxygen atoms in total. The number of nitro benzene ring substituents is 1. The van der Waals surface area contributed by atoms with Crippen molar-refractivity contribution in [3.8, 4) is 0 Å². The van der Waals surface area contributed by atoms with E-state index in [0.717, 1.165) is 25.2 Å². The molecule has 0 aromatic heterocycles. The van der Waals surface area contributed by atoms with Gasteiger partial charge < -0.3 is 10.2 Å². The molecule has 2 aromatic rings. The lowest BCUT2D eigenvalue weighted by Gasteiger charge is -2.36. The van der Waals surface area contributed by atoms with Crippen molar-refractivity contribution in [3.63, 3.8) is 0 Å². The Kier molecular flexibility index (Phi) is 4.31. The molecule has 2 atom stereocenters.